The summed E-state index contributed by atoms with van der Waals surface area (Å²) in [6, 6.07) is 15.9. The number of aromatic amines is 1. The van der Waals surface area contributed by atoms with E-state index in [2.05, 4.69) is 21.5 Å². The minimum Gasteiger partial charge on any atom is -0.466 e. The topological polar surface area (TPSA) is 147 Å². The van der Waals surface area contributed by atoms with E-state index in [0.29, 0.717) is 22.3 Å². The zero-order valence-electron chi connectivity index (χ0n) is 17.2. The molecular weight excluding hydrogens is 412 g/mol. The van der Waals surface area contributed by atoms with Crippen LogP contribution in [0.5, 0.6) is 0 Å². The molecular formula is C22H18N6O4. The average molecular weight is 430 g/mol. The lowest BCUT2D eigenvalue weighted by Crippen LogP contribution is -2.40. The third-order valence-corrected chi connectivity index (χ3v) is 5.17. The summed E-state index contributed by atoms with van der Waals surface area (Å²) in [7, 11) is 2.40. The van der Waals surface area contributed by atoms with E-state index in [4.69, 9.17) is 15.2 Å². The lowest BCUT2D eigenvalue weighted by molar-refractivity contribution is -0.139. The Labute approximate surface area is 182 Å². The highest BCUT2D eigenvalue weighted by Crippen LogP contribution is 2.43. The predicted molar refractivity (Wildman–Crippen MR) is 113 cm³/mol. The molecule has 0 fully saturated rings. The van der Waals surface area contributed by atoms with Crippen LogP contribution in [0.15, 0.2) is 71.2 Å². The maximum atomic E-state index is 13.0. The molecule has 0 saturated heterocycles. The number of hydrogen-bond donors (Lipinski definition) is 2. The standard InChI is InChI=1S/C22H18N6O4/c1-31-21(29)18-17(12-6-4-3-5-7-12)14(11-23)20(24)28(19(18)22(30)32-2)13-8-9-15-16(10-13)26-27-25-15/h3-10,17H,24H2,1-2H3,(H,25,26,27). The van der Waals surface area contributed by atoms with Crippen LogP contribution in [0.25, 0.3) is 11.0 Å². The van der Waals surface area contributed by atoms with Crippen LogP contribution in [0.1, 0.15) is 11.5 Å². The molecule has 10 nitrogen and oxygen atoms in total. The number of hydrogen-bond acceptors (Lipinski definition) is 9. The predicted octanol–water partition coefficient (Wildman–Crippen LogP) is 1.86. The van der Waals surface area contributed by atoms with Gasteiger partial charge in [0.2, 0.25) is 0 Å². The Kier molecular flexibility index (Phi) is 5.30. The lowest BCUT2D eigenvalue weighted by Gasteiger charge is -2.35. The van der Waals surface area contributed by atoms with Crippen molar-refractivity contribution in [2.24, 2.45) is 5.73 Å². The molecule has 1 atom stereocenters. The molecule has 0 bridgehead atoms. The number of benzene rings is 2. The van der Waals surface area contributed by atoms with Gasteiger partial charge in [0.25, 0.3) is 0 Å². The average Bonchev–Trinajstić information content (AvgIpc) is 3.30. The summed E-state index contributed by atoms with van der Waals surface area (Å²) in [4.78, 5) is 27.3. The van der Waals surface area contributed by atoms with E-state index in [9.17, 15) is 14.9 Å². The number of methoxy groups -OCH3 is 2. The van der Waals surface area contributed by atoms with Gasteiger partial charge in [0.15, 0.2) is 0 Å². The summed E-state index contributed by atoms with van der Waals surface area (Å²) in [5.41, 5.74) is 8.41. The summed E-state index contributed by atoms with van der Waals surface area (Å²) in [5.74, 6) is -2.54. The van der Waals surface area contributed by atoms with Crippen molar-refractivity contribution in [2.75, 3.05) is 19.1 Å². The van der Waals surface area contributed by atoms with Crippen molar-refractivity contribution in [1.82, 2.24) is 15.4 Å². The van der Waals surface area contributed by atoms with Crippen LogP contribution in [0.3, 0.4) is 0 Å². The van der Waals surface area contributed by atoms with E-state index in [1.165, 1.54) is 19.1 Å². The molecule has 1 unspecified atom stereocenters. The van der Waals surface area contributed by atoms with E-state index in [-0.39, 0.29) is 22.7 Å². The fourth-order valence-electron chi connectivity index (χ4n) is 3.75. The van der Waals surface area contributed by atoms with E-state index in [0.717, 1.165) is 0 Å². The highest BCUT2D eigenvalue weighted by Gasteiger charge is 2.43. The van der Waals surface area contributed by atoms with Crippen LogP contribution in [-0.4, -0.2) is 41.6 Å². The zero-order valence-corrected chi connectivity index (χ0v) is 17.2. The third-order valence-electron chi connectivity index (χ3n) is 5.17. The van der Waals surface area contributed by atoms with Gasteiger partial charge in [0.1, 0.15) is 22.6 Å². The number of nitriles is 1. The largest absolute Gasteiger partial charge is 0.466 e. The van der Waals surface area contributed by atoms with Crippen molar-refractivity contribution in [3.63, 3.8) is 0 Å². The summed E-state index contributed by atoms with van der Waals surface area (Å²) >= 11 is 0. The summed E-state index contributed by atoms with van der Waals surface area (Å²) in [5, 5.41) is 20.6. The minimum absolute atomic E-state index is 0.0164. The van der Waals surface area contributed by atoms with Crippen LogP contribution in [0.2, 0.25) is 0 Å². The molecule has 4 rings (SSSR count). The number of esters is 2. The second kappa shape index (κ2) is 8.23. The first-order valence-electron chi connectivity index (χ1n) is 9.48. The molecule has 10 heteroatoms. The van der Waals surface area contributed by atoms with E-state index < -0.39 is 17.9 Å². The Bertz CT molecular complexity index is 1320. The van der Waals surface area contributed by atoms with Gasteiger partial charge < -0.3 is 15.2 Å². The van der Waals surface area contributed by atoms with Crippen LogP contribution >= 0.6 is 0 Å². The highest BCUT2D eigenvalue weighted by atomic mass is 16.5. The van der Waals surface area contributed by atoms with Gasteiger partial charge in [-0.25, -0.2) is 9.59 Å². The molecule has 0 spiro atoms. The van der Waals surface area contributed by atoms with Crippen molar-refractivity contribution in [3.8, 4) is 6.07 Å². The number of H-pyrrole nitrogens is 1. The van der Waals surface area contributed by atoms with Crippen molar-refractivity contribution < 1.29 is 19.1 Å². The van der Waals surface area contributed by atoms with Crippen molar-refractivity contribution >= 4 is 28.7 Å². The van der Waals surface area contributed by atoms with Crippen LogP contribution in [0.4, 0.5) is 5.69 Å². The number of carbonyl (C=O) groups excluding carboxylic acids is 2. The number of carbonyl (C=O) groups is 2. The maximum Gasteiger partial charge on any atom is 0.355 e. The maximum absolute atomic E-state index is 13.0. The molecule has 3 N–H and O–H groups in total. The number of fused-ring (bicyclic) bond motifs is 1. The number of allylic oxidation sites excluding steroid dienone is 1. The van der Waals surface area contributed by atoms with Gasteiger partial charge in [-0.2, -0.15) is 20.7 Å². The third kappa shape index (κ3) is 3.22. The zero-order chi connectivity index (χ0) is 22.8. The molecule has 1 aliphatic heterocycles. The number of ether oxygens (including phenoxy) is 2. The SMILES string of the molecule is COC(=O)C1=C(C(=O)OC)N(c2ccc3n[nH]nc3c2)C(N)=C(C#N)C1c1ccccc1. The van der Waals surface area contributed by atoms with Crippen molar-refractivity contribution in [3.05, 3.63) is 76.8 Å². The van der Waals surface area contributed by atoms with Gasteiger partial charge >= 0.3 is 11.9 Å². The van der Waals surface area contributed by atoms with Gasteiger partial charge in [0.05, 0.1) is 43.0 Å². The lowest BCUT2D eigenvalue weighted by atomic mass is 9.81. The van der Waals surface area contributed by atoms with Crippen LogP contribution in [-0.2, 0) is 19.1 Å². The van der Waals surface area contributed by atoms with Gasteiger partial charge in [-0.1, -0.05) is 30.3 Å². The molecule has 0 aliphatic carbocycles. The van der Waals surface area contributed by atoms with Gasteiger partial charge in [-0.3, -0.25) is 4.90 Å². The number of nitrogens with zero attached hydrogens (tertiary/aromatic N) is 4. The Morgan fingerprint density at radius 2 is 1.75 bits per heavy atom. The first kappa shape index (κ1) is 20.6. The summed E-state index contributed by atoms with van der Waals surface area (Å²) < 4.78 is 10.0. The molecule has 0 saturated carbocycles. The number of aromatic nitrogens is 3. The van der Waals surface area contributed by atoms with Crippen molar-refractivity contribution in [1.29, 1.82) is 5.26 Å². The summed E-state index contributed by atoms with van der Waals surface area (Å²) in [6.45, 7) is 0. The molecule has 3 aromatic rings. The molecule has 1 aliphatic rings. The van der Waals surface area contributed by atoms with Crippen LogP contribution in [0, 0.1) is 11.3 Å². The number of nitrogens with one attached hydrogen (secondary N) is 1. The Morgan fingerprint density at radius 3 is 2.41 bits per heavy atom. The number of nitrogens with two attached hydrogens (primary N) is 1. The molecule has 2 aromatic carbocycles. The molecule has 0 radical (unpaired) electrons. The second-order valence-electron chi connectivity index (χ2n) is 6.83. The summed E-state index contributed by atoms with van der Waals surface area (Å²) in [6.07, 6.45) is 0. The highest BCUT2D eigenvalue weighted by molar-refractivity contribution is 6.06. The number of anilines is 1. The minimum atomic E-state index is -0.921. The van der Waals surface area contributed by atoms with Gasteiger partial charge in [0, 0.05) is 0 Å². The molecule has 1 aromatic heterocycles. The van der Waals surface area contributed by atoms with E-state index in [1.807, 2.05) is 0 Å². The van der Waals surface area contributed by atoms with Gasteiger partial charge in [-0.05, 0) is 23.8 Å². The monoisotopic (exact) mass is 430 g/mol. The molecule has 0 amide bonds. The first-order valence-corrected chi connectivity index (χ1v) is 9.48. The van der Waals surface area contributed by atoms with Crippen LogP contribution < -0.4 is 10.6 Å². The fraction of sp³-hybridized carbons (Fsp3) is 0.136. The van der Waals surface area contributed by atoms with E-state index >= 15 is 0 Å². The molecule has 32 heavy (non-hydrogen) atoms. The first-order chi connectivity index (χ1) is 15.5. The molecule has 2 heterocycles. The van der Waals surface area contributed by atoms with Gasteiger partial charge in [-0.15, -0.1) is 0 Å². The molecule has 160 valence electrons. The normalized spacial score (nSPS) is 16.2. The second-order valence-corrected chi connectivity index (χ2v) is 6.83. The quantitative estimate of drug-likeness (QED) is 0.592. The Hall–Kier alpha value is -4.65. The Morgan fingerprint density at radius 1 is 1.06 bits per heavy atom. The smallest absolute Gasteiger partial charge is 0.355 e. The Balaban J connectivity index is 2.06. The fourth-order valence-corrected chi connectivity index (χ4v) is 3.75. The van der Waals surface area contributed by atoms with Crippen molar-refractivity contribution in [2.45, 2.75) is 5.92 Å². The van der Waals surface area contributed by atoms with E-state index in [1.54, 1.807) is 48.5 Å². The number of rotatable bonds is 4.